The third-order valence-corrected chi connectivity index (χ3v) is 2.93. The molecule has 0 N–H and O–H groups in total. The SMILES string of the molecule is CC(C)C1OCCCC1Br. The predicted octanol–water partition coefficient (Wildman–Crippen LogP) is 2.58. The molecule has 1 heterocycles. The van der Waals surface area contributed by atoms with Crippen molar-refractivity contribution in [1.29, 1.82) is 0 Å². The van der Waals surface area contributed by atoms with E-state index in [0.29, 0.717) is 16.8 Å². The molecule has 10 heavy (non-hydrogen) atoms. The summed E-state index contributed by atoms with van der Waals surface area (Å²) in [5.74, 6) is 0.643. The average Bonchev–Trinajstić information content (AvgIpc) is 1.88. The molecule has 1 saturated heterocycles. The number of rotatable bonds is 1. The lowest BCUT2D eigenvalue weighted by molar-refractivity contribution is -0.00498. The zero-order chi connectivity index (χ0) is 7.56. The van der Waals surface area contributed by atoms with Gasteiger partial charge in [0.2, 0.25) is 0 Å². The molecule has 1 fully saturated rings. The van der Waals surface area contributed by atoms with Gasteiger partial charge in [0, 0.05) is 11.4 Å². The molecule has 2 unspecified atom stereocenters. The number of ether oxygens (including phenoxy) is 1. The van der Waals surface area contributed by atoms with Crippen molar-refractivity contribution < 1.29 is 4.74 Å². The van der Waals surface area contributed by atoms with Gasteiger partial charge in [-0.2, -0.15) is 0 Å². The van der Waals surface area contributed by atoms with Crippen LogP contribution in [0.15, 0.2) is 0 Å². The lowest BCUT2D eigenvalue weighted by Gasteiger charge is -2.30. The number of halogens is 1. The van der Waals surface area contributed by atoms with E-state index in [1.807, 2.05) is 0 Å². The van der Waals surface area contributed by atoms with Crippen LogP contribution in [0.5, 0.6) is 0 Å². The van der Waals surface area contributed by atoms with Crippen molar-refractivity contribution >= 4 is 15.9 Å². The molecule has 1 aliphatic heterocycles. The summed E-state index contributed by atoms with van der Waals surface area (Å²) in [6.07, 6.45) is 2.91. The first-order valence-electron chi connectivity index (χ1n) is 3.97. The maximum absolute atomic E-state index is 5.60. The Morgan fingerprint density at radius 3 is 2.60 bits per heavy atom. The number of hydrogen-bond donors (Lipinski definition) is 0. The normalized spacial score (nSPS) is 34.8. The molecule has 0 aliphatic carbocycles. The third-order valence-electron chi connectivity index (χ3n) is 1.95. The van der Waals surface area contributed by atoms with Gasteiger partial charge in [-0.1, -0.05) is 29.8 Å². The molecule has 0 saturated carbocycles. The zero-order valence-electron chi connectivity index (χ0n) is 6.64. The van der Waals surface area contributed by atoms with Gasteiger partial charge < -0.3 is 4.74 Å². The first-order chi connectivity index (χ1) is 4.72. The van der Waals surface area contributed by atoms with Gasteiger partial charge in [0.05, 0.1) is 6.10 Å². The van der Waals surface area contributed by atoms with E-state index in [-0.39, 0.29) is 0 Å². The molecule has 0 bridgehead atoms. The van der Waals surface area contributed by atoms with Crippen LogP contribution >= 0.6 is 15.9 Å². The highest BCUT2D eigenvalue weighted by molar-refractivity contribution is 9.09. The van der Waals surface area contributed by atoms with Crippen molar-refractivity contribution in [2.45, 2.75) is 37.6 Å². The van der Waals surface area contributed by atoms with Crippen LogP contribution in [-0.2, 0) is 4.74 Å². The quantitative estimate of drug-likeness (QED) is 0.600. The first kappa shape index (κ1) is 8.54. The summed E-state index contributed by atoms with van der Waals surface area (Å²) in [6, 6.07) is 0. The monoisotopic (exact) mass is 206 g/mol. The van der Waals surface area contributed by atoms with Crippen molar-refractivity contribution in [2.24, 2.45) is 5.92 Å². The summed E-state index contributed by atoms with van der Waals surface area (Å²) in [7, 11) is 0. The van der Waals surface area contributed by atoms with Gasteiger partial charge in [-0.3, -0.25) is 0 Å². The average molecular weight is 207 g/mol. The molecule has 0 amide bonds. The first-order valence-corrected chi connectivity index (χ1v) is 4.89. The zero-order valence-corrected chi connectivity index (χ0v) is 8.23. The Morgan fingerprint density at radius 1 is 1.50 bits per heavy atom. The van der Waals surface area contributed by atoms with Crippen LogP contribution in [0.3, 0.4) is 0 Å². The fraction of sp³-hybridized carbons (Fsp3) is 1.00. The van der Waals surface area contributed by atoms with Crippen molar-refractivity contribution in [3.63, 3.8) is 0 Å². The maximum atomic E-state index is 5.60. The van der Waals surface area contributed by atoms with Crippen LogP contribution in [0, 0.1) is 5.92 Å². The second-order valence-corrected chi connectivity index (χ2v) is 4.41. The lowest BCUT2D eigenvalue weighted by Crippen LogP contribution is -2.34. The Hall–Kier alpha value is 0.440. The minimum absolute atomic E-state index is 0.439. The predicted molar refractivity (Wildman–Crippen MR) is 46.5 cm³/mol. The largest absolute Gasteiger partial charge is 0.377 e. The smallest absolute Gasteiger partial charge is 0.0722 e. The highest BCUT2D eigenvalue weighted by atomic mass is 79.9. The van der Waals surface area contributed by atoms with E-state index in [1.54, 1.807) is 0 Å². The maximum Gasteiger partial charge on any atom is 0.0722 e. The lowest BCUT2D eigenvalue weighted by atomic mass is 9.99. The molecule has 1 nitrogen and oxygen atoms in total. The Balaban J connectivity index is 2.40. The molecular weight excluding hydrogens is 192 g/mol. The van der Waals surface area contributed by atoms with Crippen molar-refractivity contribution in [3.05, 3.63) is 0 Å². The van der Waals surface area contributed by atoms with Crippen LogP contribution in [0.25, 0.3) is 0 Å². The van der Waals surface area contributed by atoms with Crippen LogP contribution in [0.4, 0.5) is 0 Å². The molecule has 60 valence electrons. The molecule has 0 spiro atoms. The highest BCUT2D eigenvalue weighted by Crippen LogP contribution is 2.25. The molecule has 2 heteroatoms. The van der Waals surface area contributed by atoms with Crippen molar-refractivity contribution in [2.75, 3.05) is 6.61 Å². The highest BCUT2D eigenvalue weighted by Gasteiger charge is 2.25. The Kier molecular flexibility index (Phi) is 3.18. The van der Waals surface area contributed by atoms with E-state index in [0.717, 1.165) is 6.61 Å². The fourth-order valence-corrected chi connectivity index (χ4v) is 2.46. The van der Waals surface area contributed by atoms with E-state index in [1.165, 1.54) is 12.8 Å². The van der Waals surface area contributed by atoms with Gasteiger partial charge in [-0.25, -0.2) is 0 Å². The van der Waals surface area contributed by atoms with Crippen LogP contribution in [0.1, 0.15) is 26.7 Å². The Bertz CT molecular complexity index is 103. The number of alkyl halides is 1. The van der Waals surface area contributed by atoms with Crippen LogP contribution in [0.2, 0.25) is 0 Å². The molecule has 0 aromatic heterocycles. The summed E-state index contributed by atoms with van der Waals surface area (Å²) in [5, 5.41) is 0. The van der Waals surface area contributed by atoms with Gasteiger partial charge in [0.1, 0.15) is 0 Å². The van der Waals surface area contributed by atoms with E-state index in [4.69, 9.17) is 4.74 Å². The number of hydrogen-bond acceptors (Lipinski definition) is 1. The van der Waals surface area contributed by atoms with Crippen molar-refractivity contribution in [3.8, 4) is 0 Å². The third kappa shape index (κ3) is 1.96. The summed E-state index contributed by atoms with van der Waals surface area (Å²) in [4.78, 5) is 0.584. The fourth-order valence-electron chi connectivity index (χ4n) is 1.38. The van der Waals surface area contributed by atoms with Crippen LogP contribution in [-0.4, -0.2) is 17.5 Å². The molecular formula is C8H15BrO. The standard InChI is InChI=1S/C8H15BrO/c1-6(2)8-7(9)4-3-5-10-8/h6-8H,3-5H2,1-2H3. The van der Waals surface area contributed by atoms with Crippen LogP contribution < -0.4 is 0 Å². The van der Waals surface area contributed by atoms with Gasteiger partial charge in [0.15, 0.2) is 0 Å². The van der Waals surface area contributed by atoms with Gasteiger partial charge in [-0.05, 0) is 18.8 Å². The van der Waals surface area contributed by atoms with E-state index in [9.17, 15) is 0 Å². The Morgan fingerprint density at radius 2 is 2.20 bits per heavy atom. The summed E-state index contributed by atoms with van der Waals surface area (Å²) < 4.78 is 5.60. The summed E-state index contributed by atoms with van der Waals surface area (Å²) >= 11 is 3.63. The molecule has 0 aromatic carbocycles. The van der Waals surface area contributed by atoms with Crippen molar-refractivity contribution in [1.82, 2.24) is 0 Å². The molecule has 2 atom stereocenters. The molecule has 1 aliphatic rings. The summed E-state index contributed by atoms with van der Waals surface area (Å²) in [6.45, 7) is 5.37. The van der Waals surface area contributed by atoms with E-state index >= 15 is 0 Å². The second-order valence-electron chi connectivity index (χ2n) is 3.24. The van der Waals surface area contributed by atoms with Gasteiger partial charge in [0.25, 0.3) is 0 Å². The van der Waals surface area contributed by atoms with Gasteiger partial charge >= 0.3 is 0 Å². The molecule has 0 radical (unpaired) electrons. The second kappa shape index (κ2) is 3.72. The summed E-state index contributed by atoms with van der Waals surface area (Å²) in [5.41, 5.74) is 0. The minimum atomic E-state index is 0.439. The topological polar surface area (TPSA) is 9.23 Å². The van der Waals surface area contributed by atoms with Gasteiger partial charge in [-0.15, -0.1) is 0 Å². The molecule has 1 rings (SSSR count). The van der Waals surface area contributed by atoms with E-state index in [2.05, 4.69) is 29.8 Å². The Labute approximate surface area is 71.3 Å². The minimum Gasteiger partial charge on any atom is -0.377 e. The van der Waals surface area contributed by atoms with E-state index < -0.39 is 0 Å². The molecule has 0 aromatic rings.